The summed E-state index contributed by atoms with van der Waals surface area (Å²) in [5.74, 6) is -3.48. The molecule has 2 amide bonds. The molecule has 0 aromatic heterocycles. The fourth-order valence-electron chi connectivity index (χ4n) is 5.58. The van der Waals surface area contributed by atoms with Crippen LogP contribution < -0.4 is 0 Å². The number of amides is 2. The van der Waals surface area contributed by atoms with Crippen molar-refractivity contribution in [3.05, 3.63) is 10.1 Å². The Morgan fingerprint density at radius 1 is 0.963 bits per heavy atom. The molecule has 5 aliphatic rings. The van der Waals surface area contributed by atoms with E-state index in [1.54, 1.807) is 0 Å². The van der Waals surface area contributed by atoms with Gasteiger partial charge in [-0.15, -0.1) is 23.2 Å². The monoisotopic (exact) mass is 493 g/mol. The van der Waals surface area contributed by atoms with Gasteiger partial charge in [-0.1, -0.05) is 53.3 Å². The van der Waals surface area contributed by atoms with E-state index in [0.717, 1.165) is 5.06 Å². The second-order valence-electron chi connectivity index (χ2n) is 7.60. The highest BCUT2D eigenvalue weighted by Crippen LogP contribution is 2.81. The van der Waals surface area contributed by atoms with Gasteiger partial charge in [0, 0.05) is 11.8 Å². The van der Waals surface area contributed by atoms with Gasteiger partial charge in [0.05, 0.1) is 40.7 Å². The van der Waals surface area contributed by atoms with Gasteiger partial charge in [-0.05, 0) is 6.42 Å². The minimum atomic E-state index is -1.71. The molecule has 1 saturated carbocycles. The van der Waals surface area contributed by atoms with Crippen molar-refractivity contribution in [3.8, 4) is 0 Å². The Morgan fingerprint density at radius 2 is 1.41 bits per heavy atom. The van der Waals surface area contributed by atoms with Crippen molar-refractivity contribution in [1.29, 1.82) is 0 Å². The van der Waals surface area contributed by atoms with Gasteiger partial charge in [0.25, 0.3) is 11.8 Å². The number of fused-ring (bicyclic) bond motifs is 12. The number of nitrogens with zero attached hydrogens (tertiary/aromatic N) is 1. The lowest BCUT2D eigenvalue weighted by Crippen LogP contribution is -2.50. The summed E-state index contributed by atoms with van der Waals surface area (Å²) >= 11 is 39.8. The lowest BCUT2D eigenvalue weighted by Gasteiger charge is -2.39. The van der Waals surface area contributed by atoms with Crippen molar-refractivity contribution in [1.82, 2.24) is 5.06 Å². The van der Waals surface area contributed by atoms with E-state index in [1.807, 2.05) is 6.92 Å². The molecule has 5 nitrogen and oxygen atoms in total. The summed E-state index contributed by atoms with van der Waals surface area (Å²) in [6, 6.07) is 0. The molecule has 0 aromatic rings. The maximum Gasteiger partial charge on any atom is 0.260 e. The number of imide groups is 1. The highest BCUT2D eigenvalue weighted by atomic mass is 35.5. The molecule has 8 atom stereocenters. The molecule has 0 radical (unpaired) electrons. The number of carbonyl (C=O) groups is 2. The molecule has 0 N–H and O–H groups in total. The SMILES string of the molecule is CCCON1C(=O)[C@@H]2[C@H]3O[C@H](C4[C@H]3[C@@]3(Cl)C(Cl)=C(Cl)[C@]4(Cl)C3(Cl)Cl)[C@@H]2C1=O. The Morgan fingerprint density at radius 3 is 1.81 bits per heavy atom. The number of carbonyl (C=O) groups excluding carboxylic acids is 2. The Labute approximate surface area is 185 Å². The fourth-order valence-corrected chi connectivity index (χ4v) is 8.64. The standard InChI is InChI=1S/C16H13Cl6NO4/c1-2-3-26-23-12(24)4-5(13(23)25)9-7-6(8(4)27-9)14(19)10(17)11(18)15(7,20)16(14,21)22/h4-9H,2-3H2,1H3/t4-,5+,6+,7?,8+,9-,14+,15-/m0/s1. The maximum absolute atomic E-state index is 12.9. The molecular weight excluding hydrogens is 483 g/mol. The average Bonchev–Trinajstić information content (AvgIpc) is 3.31. The van der Waals surface area contributed by atoms with E-state index in [1.165, 1.54) is 0 Å². The third kappa shape index (κ3) is 1.79. The number of halogens is 6. The van der Waals surface area contributed by atoms with E-state index in [4.69, 9.17) is 79.2 Å². The highest BCUT2D eigenvalue weighted by Gasteiger charge is 2.90. The van der Waals surface area contributed by atoms with E-state index in [9.17, 15) is 9.59 Å². The molecule has 4 bridgehead atoms. The van der Waals surface area contributed by atoms with Gasteiger partial charge in [0.15, 0.2) is 4.33 Å². The first-order valence-electron chi connectivity index (χ1n) is 8.54. The molecule has 1 unspecified atom stereocenters. The number of alkyl halides is 4. The molecule has 3 heterocycles. The van der Waals surface area contributed by atoms with Crippen LogP contribution in [0.15, 0.2) is 10.1 Å². The van der Waals surface area contributed by atoms with Crippen LogP contribution in [0.5, 0.6) is 0 Å². The van der Waals surface area contributed by atoms with E-state index in [-0.39, 0.29) is 16.7 Å². The number of rotatable bonds is 3. The van der Waals surface area contributed by atoms with Crippen molar-refractivity contribution in [2.45, 2.75) is 39.6 Å². The Kier molecular flexibility index (Phi) is 4.05. The molecule has 0 aromatic carbocycles. The average molecular weight is 496 g/mol. The summed E-state index contributed by atoms with van der Waals surface area (Å²) in [5.41, 5.74) is 0. The minimum Gasteiger partial charge on any atom is -0.373 e. The van der Waals surface area contributed by atoms with Gasteiger partial charge in [-0.3, -0.25) is 14.4 Å². The Balaban J connectivity index is 1.61. The summed E-state index contributed by atoms with van der Waals surface area (Å²) in [7, 11) is 0. The van der Waals surface area contributed by atoms with E-state index in [2.05, 4.69) is 0 Å². The van der Waals surface area contributed by atoms with Crippen LogP contribution in [0.25, 0.3) is 0 Å². The fraction of sp³-hybridized carbons (Fsp3) is 0.750. The van der Waals surface area contributed by atoms with Crippen LogP contribution in [0.3, 0.4) is 0 Å². The van der Waals surface area contributed by atoms with Gasteiger partial charge < -0.3 is 4.74 Å². The lowest BCUT2D eigenvalue weighted by molar-refractivity contribution is -0.192. The van der Waals surface area contributed by atoms with Crippen LogP contribution in [0.2, 0.25) is 0 Å². The molecule has 4 fully saturated rings. The summed E-state index contributed by atoms with van der Waals surface area (Å²) in [5, 5.41) is 0.975. The van der Waals surface area contributed by atoms with Crippen molar-refractivity contribution >= 4 is 81.4 Å². The Hall–Kier alpha value is 0.540. The molecule has 11 heteroatoms. The van der Waals surface area contributed by atoms with Crippen LogP contribution in [0.4, 0.5) is 0 Å². The third-order valence-electron chi connectivity index (χ3n) is 6.56. The summed E-state index contributed by atoms with van der Waals surface area (Å²) in [6.07, 6.45) is -0.748. The number of hydrogen-bond acceptors (Lipinski definition) is 4. The number of hydrogen-bond donors (Lipinski definition) is 0. The predicted octanol–water partition coefficient (Wildman–Crippen LogP) is 3.79. The van der Waals surface area contributed by atoms with Crippen molar-refractivity contribution in [2.75, 3.05) is 6.61 Å². The topological polar surface area (TPSA) is 55.8 Å². The van der Waals surface area contributed by atoms with Gasteiger partial charge in [-0.25, -0.2) is 0 Å². The molecule has 148 valence electrons. The number of hydroxylamine groups is 2. The zero-order chi connectivity index (χ0) is 19.7. The van der Waals surface area contributed by atoms with Crippen molar-refractivity contribution in [3.63, 3.8) is 0 Å². The quantitative estimate of drug-likeness (QED) is 0.441. The smallest absolute Gasteiger partial charge is 0.260 e. The molecule has 2 aliphatic carbocycles. The van der Waals surface area contributed by atoms with Crippen LogP contribution in [-0.2, 0) is 19.2 Å². The molecule has 5 rings (SSSR count). The van der Waals surface area contributed by atoms with E-state index < -0.39 is 61.8 Å². The maximum atomic E-state index is 12.9. The number of allylic oxidation sites excluding steroid dienone is 2. The van der Waals surface area contributed by atoms with Crippen LogP contribution in [0, 0.1) is 23.7 Å². The third-order valence-corrected chi connectivity index (χ3v) is 10.9. The molecule has 27 heavy (non-hydrogen) atoms. The first-order chi connectivity index (χ1) is 12.6. The molecular formula is C16H13Cl6NO4. The van der Waals surface area contributed by atoms with Gasteiger partial charge in [0.2, 0.25) is 0 Å². The first kappa shape index (κ1) is 19.5. The summed E-state index contributed by atoms with van der Waals surface area (Å²) in [4.78, 5) is 28.1. The van der Waals surface area contributed by atoms with Crippen LogP contribution >= 0.6 is 69.6 Å². The van der Waals surface area contributed by atoms with Crippen molar-refractivity contribution < 1.29 is 19.2 Å². The molecule has 3 saturated heterocycles. The van der Waals surface area contributed by atoms with Gasteiger partial charge >= 0.3 is 0 Å². The normalized spacial score (nSPS) is 51.6. The molecule has 0 spiro atoms. The summed E-state index contributed by atoms with van der Waals surface area (Å²) in [6.45, 7) is 2.13. The second kappa shape index (κ2) is 5.61. The van der Waals surface area contributed by atoms with Gasteiger partial charge in [0.1, 0.15) is 9.75 Å². The first-order valence-corrected chi connectivity index (χ1v) is 10.8. The van der Waals surface area contributed by atoms with Gasteiger partial charge in [-0.2, -0.15) is 5.06 Å². The van der Waals surface area contributed by atoms with E-state index in [0.29, 0.717) is 6.42 Å². The second-order valence-corrected chi connectivity index (χ2v) is 10.9. The van der Waals surface area contributed by atoms with Crippen molar-refractivity contribution in [2.24, 2.45) is 23.7 Å². The van der Waals surface area contributed by atoms with E-state index >= 15 is 0 Å². The highest BCUT2D eigenvalue weighted by molar-refractivity contribution is 6.65. The Bertz CT molecular complexity index is 761. The zero-order valence-electron chi connectivity index (χ0n) is 13.7. The lowest BCUT2D eigenvalue weighted by atomic mass is 9.65. The largest absolute Gasteiger partial charge is 0.373 e. The minimum absolute atomic E-state index is 0.0654. The predicted molar refractivity (Wildman–Crippen MR) is 101 cm³/mol. The summed E-state index contributed by atoms with van der Waals surface area (Å²) < 4.78 is 4.33. The van der Waals surface area contributed by atoms with Crippen LogP contribution in [0.1, 0.15) is 13.3 Å². The van der Waals surface area contributed by atoms with Crippen LogP contribution in [-0.4, -0.2) is 49.8 Å². The zero-order valence-corrected chi connectivity index (χ0v) is 18.3. The molecule has 3 aliphatic heterocycles. The number of ether oxygens (including phenoxy) is 1.